The summed E-state index contributed by atoms with van der Waals surface area (Å²) in [5.74, 6) is -0.970. The Balaban J connectivity index is 1.97. The fourth-order valence-corrected chi connectivity index (χ4v) is 2.54. The Morgan fingerprint density at radius 2 is 1.78 bits per heavy atom. The summed E-state index contributed by atoms with van der Waals surface area (Å²) >= 11 is 0. The average molecular weight is 316 g/mol. The van der Waals surface area contributed by atoms with Gasteiger partial charge < -0.3 is 9.15 Å². The second-order valence-electron chi connectivity index (χ2n) is 5.30. The van der Waals surface area contributed by atoms with Crippen LogP contribution in [0.15, 0.2) is 51.7 Å². The maximum atomic E-state index is 13.8. The third-order valence-electron chi connectivity index (χ3n) is 3.64. The van der Waals surface area contributed by atoms with Crippen molar-refractivity contribution in [3.8, 4) is 5.75 Å². The molecule has 0 aliphatic rings. The van der Waals surface area contributed by atoms with Crippen LogP contribution in [-0.4, -0.2) is 0 Å². The summed E-state index contributed by atoms with van der Waals surface area (Å²) in [7, 11) is 0. The first-order chi connectivity index (χ1) is 11.0. The summed E-state index contributed by atoms with van der Waals surface area (Å²) < 4.78 is 38.3. The highest BCUT2D eigenvalue weighted by atomic mass is 19.1. The van der Waals surface area contributed by atoms with Gasteiger partial charge >= 0.3 is 5.63 Å². The third kappa shape index (κ3) is 2.95. The number of rotatable bonds is 3. The van der Waals surface area contributed by atoms with Crippen molar-refractivity contribution in [2.45, 2.75) is 20.0 Å². The van der Waals surface area contributed by atoms with Crippen LogP contribution in [0.4, 0.5) is 8.78 Å². The van der Waals surface area contributed by atoms with Crippen molar-refractivity contribution in [1.29, 1.82) is 0 Å². The molecule has 0 bridgehead atoms. The highest BCUT2D eigenvalue weighted by Crippen LogP contribution is 2.28. The molecular weight excluding hydrogens is 302 g/mol. The molecule has 0 saturated heterocycles. The Labute approximate surface area is 131 Å². The van der Waals surface area contributed by atoms with Gasteiger partial charge in [-0.2, -0.15) is 0 Å². The molecule has 1 aromatic heterocycles. The molecule has 0 aliphatic heterocycles. The van der Waals surface area contributed by atoms with Crippen molar-refractivity contribution in [3.05, 3.63) is 75.6 Å². The molecule has 0 fully saturated rings. The van der Waals surface area contributed by atoms with E-state index in [1.165, 1.54) is 24.3 Å². The van der Waals surface area contributed by atoms with Crippen LogP contribution in [0.25, 0.3) is 11.0 Å². The summed E-state index contributed by atoms with van der Waals surface area (Å²) in [6, 6.07) is 10.0. The van der Waals surface area contributed by atoms with Gasteiger partial charge in [-0.25, -0.2) is 13.6 Å². The molecule has 0 saturated carbocycles. The zero-order valence-electron chi connectivity index (χ0n) is 12.6. The summed E-state index contributed by atoms with van der Waals surface area (Å²) in [5.41, 5.74) is 0.559. The van der Waals surface area contributed by atoms with Crippen LogP contribution in [0.1, 0.15) is 24.2 Å². The number of benzene rings is 2. The van der Waals surface area contributed by atoms with Gasteiger partial charge in [0.15, 0.2) is 0 Å². The van der Waals surface area contributed by atoms with E-state index in [0.717, 1.165) is 10.9 Å². The van der Waals surface area contributed by atoms with Gasteiger partial charge in [-0.1, -0.05) is 6.07 Å². The molecule has 2 aromatic carbocycles. The molecular formula is C18H14F2O3. The Hall–Kier alpha value is -2.69. The number of hydrogen-bond acceptors (Lipinski definition) is 3. The summed E-state index contributed by atoms with van der Waals surface area (Å²) in [4.78, 5) is 11.4. The van der Waals surface area contributed by atoms with E-state index in [1.54, 1.807) is 32.0 Å². The van der Waals surface area contributed by atoms with E-state index in [4.69, 9.17) is 9.15 Å². The van der Waals surface area contributed by atoms with Crippen LogP contribution >= 0.6 is 0 Å². The minimum atomic E-state index is -0.829. The van der Waals surface area contributed by atoms with Crippen molar-refractivity contribution in [1.82, 2.24) is 0 Å². The number of aryl methyl sites for hydroxylation is 1. The minimum Gasteiger partial charge on any atom is -0.486 e. The molecule has 3 rings (SSSR count). The fourth-order valence-electron chi connectivity index (χ4n) is 2.54. The highest BCUT2D eigenvalue weighted by molar-refractivity contribution is 5.81. The van der Waals surface area contributed by atoms with E-state index in [9.17, 15) is 13.6 Å². The monoisotopic (exact) mass is 316 g/mol. The van der Waals surface area contributed by atoms with Crippen molar-refractivity contribution in [2.24, 2.45) is 0 Å². The highest BCUT2D eigenvalue weighted by Gasteiger charge is 2.18. The molecule has 23 heavy (non-hydrogen) atoms. The van der Waals surface area contributed by atoms with Gasteiger partial charge in [0.1, 0.15) is 29.1 Å². The number of fused-ring (bicyclic) bond motifs is 1. The summed E-state index contributed by atoms with van der Waals surface area (Å²) in [6.45, 7) is 3.36. The molecule has 0 N–H and O–H groups in total. The van der Waals surface area contributed by atoms with Crippen molar-refractivity contribution in [2.75, 3.05) is 0 Å². The normalized spacial score (nSPS) is 12.3. The predicted octanol–water partition coefficient (Wildman–Crippen LogP) is 4.52. The Morgan fingerprint density at radius 1 is 1.09 bits per heavy atom. The summed E-state index contributed by atoms with van der Waals surface area (Å²) in [6.07, 6.45) is -0.829. The Kier molecular flexibility index (Phi) is 3.86. The van der Waals surface area contributed by atoms with Gasteiger partial charge in [-0.15, -0.1) is 0 Å². The molecule has 0 spiro atoms. The molecule has 3 nitrogen and oxygen atoms in total. The van der Waals surface area contributed by atoms with Gasteiger partial charge in [-0.05, 0) is 43.7 Å². The molecule has 0 amide bonds. The van der Waals surface area contributed by atoms with Gasteiger partial charge in [0, 0.05) is 17.5 Å². The van der Waals surface area contributed by atoms with Crippen LogP contribution in [0.5, 0.6) is 5.75 Å². The third-order valence-corrected chi connectivity index (χ3v) is 3.64. The van der Waals surface area contributed by atoms with Crippen LogP contribution in [-0.2, 0) is 0 Å². The van der Waals surface area contributed by atoms with Crippen LogP contribution in [0.2, 0.25) is 0 Å². The van der Waals surface area contributed by atoms with Crippen LogP contribution in [0, 0.1) is 18.6 Å². The lowest BCUT2D eigenvalue weighted by molar-refractivity contribution is 0.215. The van der Waals surface area contributed by atoms with E-state index in [0.29, 0.717) is 11.3 Å². The first kappa shape index (κ1) is 15.2. The second kappa shape index (κ2) is 5.83. The zero-order valence-corrected chi connectivity index (χ0v) is 12.6. The quantitative estimate of drug-likeness (QED) is 0.667. The first-order valence-corrected chi connectivity index (χ1v) is 7.11. The number of hydrogen-bond donors (Lipinski definition) is 0. The van der Waals surface area contributed by atoms with E-state index < -0.39 is 23.4 Å². The molecule has 0 aliphatic carbocycles. The number of ether oxygens (including phenoxy) is 1. The lowest BCUT2D eigenvalue weighted by Gasteiger charge is -2.16. The molecule has 1 unspecified atom stereocenters. The number of halogens is 2. The van der Waals surface area contributed by atoms with E-state index in [-0.39, 0.29) is 5.56 Å². The second-order valence-corrected chi connectivity index (χ2v) is 5.30. The van der Waals surface area contributed by atoms with Gasteiger partial charge in [-0.3, -0.25) is 0 Å². The lowest BCUT2D eigenvalue weighted by atomic mass is 10.1. The van der Waals surface area contributed by atoms with E-state index >= 15 is 0 Å². The minimum absolute atomic E-state index is 0.140. The Morgan fingerprint density at radius 3 is 2.48 bits per heavy atom. The predicted molar refractivity (Wildman–Crippen MR) is 82.6 cm³/mol. The lowest BCUT2D eigenvalue weighted by Crippen LogP contribution is -2.08. The van der Waals surface area contributed by atoms with Crippen molar-refractivity contribution >= 4 is 11.0 Å². The molecule has 118 valence electrons. The van der Waals surface area contributed by atoms with E-state index in [1.807, 2.05) is 0 Å². The SMILES string of the molecule is Cc1cc(=O)oc2cc(OC(C)c3c(F)cccc3F)ccc12. The molecule has 0 radical (unpaired) electrons. The smallest absolute Gasteiger partial charge is 0.336 e. The van der Waals surface area contributed by atoms with Gasteiger partial charge in [0.25, 0.3) is 0 Å². The van der Waals surface area contributed by atoms with Crippen molar-refractivity contribution in [3.63, 3.8) is 0 Å². The molecule has 3 aromatic rings. The molecule has 5 heteroatoms. The first-order valence-electron chi connectivity index (χ1n) is 7.11. The standard InChI is InChI=1S/C18H14F2O3/c1-10-8-17(21)23-16-9-12(6-7-13(10)16)22-11(2)18-14(19)4-3-5-15(18)20/h3-9,11H,1-2H3. The Bertz CT molecular complexity index is 911. The maximum Gasteiger partial charge on any atom is 0.336 e. The zero-order chi connectivity index (χ0) is 16.6. The molecule has 1 atom stereocenters. The van der Waals surface area contributed by atoms with Crippen LogP contribution < -0.4 is 10.4 Å². The maximum absolute atomic E-state index is 13.8. The van der Waals surface area contributed by atoms with Crippen molar-refractivity contribution < 1.29 is 17.9 Å². The van der Waals surface area contributed by atoms with Gasteiger partial charge in [0.05, 0.1) is 5.56 Å². The topological polar surface area (TPSA) is 39.4 Å². The van der Waals surface area contributed by atoms with E-state index in [2.05, 4.69) is 0 Å². The summed E-state index contributed by atoms with van der Waals surface area (Å²) in [5, 5.41) is 0.779. The fraction of sp³-hybridized carbons (Fsp3) is 0.167. The van der Waals surface area contributed by atoms with Gasteiger partial charge in [0.2, 0.25) is 0 Å². The largest absolute Gasteiger partial charge is 0.486 e. The molecule has 1 heterocycles. The average Bonchev–Trinajstić information content (AvgIpc) is 2.46. The van der Waals surface area contributed by atoms with Crippen LogP contribution in [0.3, 0.4) is 0 Å².